The molecule has 2 aliphatic rings. The minimum Gasteiger partial charge on any atom is -0.438 e. The van der Waals surface area contributed by atoms with Gasteiger partial charge in [-0.15, -0.1) is 0 Å². The van der Waals surface area contributed by atoms with Crippen molar-refractivity contribution in [1.82, 2.24) is 14.9 Å². The first-order chi connectivity index (χ1) is 17.7. The van der Waals surface area contributed by atoms with Gasteiger partial charge in [-0.25, -0.2) is 4.98 Å². The van der Waals surface area contributed by atoms with Crippen LogP contribution in [0.5, 0.6) is 11.6 Å². The molecule has 0 N–H and O–H groups in total. The van der Waals surface area contributed by atoms with E-state index < -0.39 is 11.7 Å². The third-order valence-corrected chi connectivity index (χ3v) is 7.03. The van der Waals surface area contributed by atoms with Gasteiger partial charge in [-0.1, -0.05) is 19.1 Å². The number of alkyl halides is 3. The average molecular weight is 511 g/mol. The first kappa shape index (κ1) is 25.0. The number of aryl methyl sites for hydroxylation is 1. The fourth-order valence-corrected chi connectivity index (χ4v) is 4.75. The van der Waals surface area contributed by atoms with Gasteiger partial charge in [0.05, 0.1) is 23.4 Å². The molecule has 0 bridgehead atoms. The van der Waals surface area contributed by atoms with Crippen LogP contribution in [0.15, 0.2) is 48.5 Å². The van der Waals surface area contributed by atoms with Crippen LogP contribution in [0, 0.1) is 12.8 Å². The van der Waals surface area contributed by atoms with Gasteiger partial charge in [0.15, 0.2) is 0 Å². The van der Waals surface area contributed by atoms with Crippen LogP contribution in [-0.2, 0) is 19.1 Å². The Morgan fingerprint density at radius 2 is 1.76 bits per heavy atom. The molecule has 6 nitrogen and oxygen atoms in total. The number of hydrogen-bond donors (Lipinski definition) is 0. The van der Waals surface area contributed by atoms with Crippen molar-refractivity contribution in [2.24, 2.45) is 5.92 Å². The molecule has 0 unspecified atom stereocenters. The van der Waals surface area contributed by atoms with Crippen LogP contribution in [0.2, 0.25) is 0 Å². The lowest BCUT2D eigenvalue weighted by atomic mass is 9.99. The van der Waals surface area contributed by atoms with E-state index in [-0.39, 0.29) is 18.0 Å². The zero-order chi connectivity index (χ0) is 26.2. The predicted octanol–water partition coefficient (Wildman–Crippen LogP) is 6.03. The summed E-state index contributed by atoms with van der Waals surface area (Å²) in [6.07, 6.45) is -1.80. The van der Waals surface area contributed by atoms with Crippen molar-refractivity contribution >= 4 is 11.9 Å². The summed E-state index contributed by atoms with van der Waals surface area (Å²) >= 11 is 0. The second-order valence-electron chi connectivity index (χ2n) is 9.89. The first-order valence-electron chi connectivity index (χ1n) is 12.5. The predicted molar refractivity (Wildman–Crippen MR) is 134 cm³/mol. The van der Waals surface area contributed by atoms with Crippen LogP contribution in [-0.4, -0.2) is 40.4 Å². The van der Waals surface area contributed by atoms with Crippen molar-refractivity contribution in [2.45, 2.75) is 45.8 Å². The zero-order valence-electron chi connectivity index (χ0n) is 20.9. The Bertz CT molecular complexity index is 1290. The molecule has 5 rings (SSSR count). The smallest absolute Gasteiger partial charge is 0.416 e. The van der Waals surface area contributed by atoms with Crippen LogP contribution in [0.4, 0.5) is 19.1 Å². The Morgan fingerprint density at radius 1 is 1.03 bits per heavy atom. The summed E-state index contributed by atoms with van der Waals surface area (Å²) < 4.78 is 45.1. The molecule has 0 radical (unpaired) electrons. The summed E-state index contributed by atoms with van der Waals surface area (Å²) in [5, 5.41) is 0. The van der Waals surface area contributed by atoms with Gasteiger partial charge >= 0.3 is 6.18 Å². The van der Waals surface area contributed by atoms with E-state index >= 15 is 0 Å². The molecule has 0 saturated carbocycles. The van der Waals surface area contributed by atoms with Crippen LogP contribution in [0.25, 0.3) is 0 Å². The Balaban J connectivity index is 1.44. The van der Waals surface area contributed by atoms with Crippen LogP contribution < -0.4 is 9.64 Å². The molecule has 0 aliphatic carbocycles. The van der Waals surface area contributed by atoms with Gasteiger partial charge in [-0.05, 0) is 67.6 Å². The Kier molecular flexibility index (Phi) is 6.79. The number of carbonyl (C=O) groups is 1. The standard InChI is InChI=1S/C28H29F3N4O2/c1-18-10-13-34(14-11-18)27-32-24-12-15-35(26(36)20-6-8-21(9-7-20)28(29,30)31)17-23(24)25(33-27)37-22-5-3-4-19(2)16-22/h3-9,16,18H,10-15,17H2,1-2H3. The molecule has 37 heavy (non-hydrogen) atoms. The lowest BCUT2D eigenvalue weighted by molar-refractivity contribution is -0.137. The molecule has 1 fully saturated rings. The summed E-state index contributed by atoms with van der Waals surface area (Å²) in [6, 6.07) is 12.0. The van der Waals surface area contributed by atoms with E-state index in [0.29, 0.717) is 36.5 Å². The second kappa shape index (κ2) is 10.0. The summed E-state index contributed by atoms with van der Waals surface area (Å²) in [4.78, 5) is 26.6. The molecule has 3 heterocycles. The van der Waals surface area contributed by atoms with Gasteiger partial charge in [0.25, 0.3) is 5.91 Å². The summed E-state index contributed by atoms with van der Waals surface area (Å²) in [7, 11) is 0. The number of rotatable bonds is 4. The Hall–Kier alpha value is -3.62. The largest absolute Gasteiger partial charge is 0.438 e. The van der Waals surface area contributed by atoms with Crippen molar-refractivity contribution in [2.75, 3.05) is 24.5 Å². The number of ether oxygens (including phenoxy) is 1. The van der Waals surface area contributed by atoms with Crippen LogP contribution in [0.3, 0.4) is 0 Å². The molecule has 194 valence electrons. The third kappa shape index (κ3) is 5.55. The van der Waals surface area contributed by atoms with Gasteiger partial charge in [0.1, 0.15) is 5.75 Å². The average Bonchev–Trinajstić information content (AvgIpc) is 2.88. The molecule has 2 aliphatic heterocycles. The quantitative estimate of drug-likeness (QED) is 0.429. The fraction of sp³-hybridized carbons (Fsp3) is 0.393. The number of anilines is 1. The summed E-state index contributed by atoms with van der Waals surface area (Å²) in [5.41, 5.74) is 2.03. The van der Waals surface area contributed by atoms with Crippen molar-refractivity contribution in [3.05, 3.63) is 76.5 Å². The number of amides is 1. The van der Waals surface area contributed by atoms with E-state index in [2.05, 4.69) is 11.8 Å². The van der Waals surface area contributed by atoms with E-state index in [1.54, 1.807) is 4.90 Å². The molecule has 0 atom stereocenters. The van der Waals surface area contributed by atoms with Gasteiger partial charge < -0.3 is 14.5 Å². The molecule has 9 heteroatoms. The maximum atomic E-state index is 13.2. The second-order valence-corrected chi connectivity index (χ2v) is 9.89. The van der Waals surface area contributed by atoms with Gasteiger partial charge in [0, 0.05) is 31.6 Å². The van der Waals surface area contributed by atoms with Crippen LogP contribution >= 0.6 is 0 Å². The van der Waals surface area contributed by atoms with Crippen molar-refractivity contribution in [1.29, 1.82) is 0 Å². The monoisotopic (exact) mass is 510 g/mol. The topological polar surface area (TPSA) is 58.6 Å². The molecular formula is C28H29F3N4O2. The van der Waals surface area contributed by atoms with E-state index in [9.17, 15) is 18.0 Å². The molecule has 1 aromatic heterocycles. The number of piperidine rings is 1. The molecular weight excluding hydrogens is 481 g/mol. The number of aromatic nitrogens is 2. The molecule has 1 saturated heterocycles. The lowest BCUT2D eigenvalue weighted by Crippen LogP contribution is -2.38. The van der Waals surface area contributed by atoms with Gasteiger partial charge in [-0.3, -0.25) is 4.79 Å². The van der Waals surface area contributed by atoms with Crippen molar-refractivity contribution < 1.29 is 22.7 Å². The number of nitrogens with zero attached hydrogens (tertiary/aromatic N) is 4. The molecule has 1 amide bonds. The maximum Gasteiger partial charge on any atom is 0.416 e. The number of halogens is 3. The van der Waals surface area contributed by atoms with E-state index in [0.717, 1.165) is 54.9 Å². The Labute approximate surface area is 214 Å². The van der Waals surface area contributed by atoms with E-state index in [1.807, 2.05) is 31.2 Å². The molecule has 3 aromatic rings. The molecule has 2 aromatic carbocycles. The minimum absolute atomic E-state index is 0.206. The summed E-state index contributed by atoms with van der Waals surface area (Å²) in [5.74, 6) is 2.02. The van der Waals surface area contributed by atoms with E-state index in [4.69, 9.17) is 14.7 Å². The number of benzene rings is 2. The fourth-order valence-electron chi connectivity index (χ4n) is 4.75. The number of fused-ring (bicyclic) bond motifs is 1. The SMILES string of the molecule is Cc1cccc(Oc2nc(N3CCC(C)CC3)nc3c2CN(C(=O)c2ccc(C(F)(F)F)cc2)CC3)c1. The van der Waals surface area contributed by atoms with Crippen molar-refractivity contribution in [3.8, 4) is 11.6 Å². The van der Waals surface area contributed by atoms with Crippen molar-refractivity contribution in [3.63, 3.8) is 0 Å². The Morgan fingerprint density at radius 3 is 2.43 bits per heavy atom. The van der Waals surface area contributed by atoms with Crippen LogP contribution in [0.1, 0.15) is 52.5 Å². The first-order valence-corrected chi connectivity index (χ1v) is 12.5. The normalized spacial score (nSPS) is 16.5. The number of hydrogen-bond acceptors (Lipinski definition) is 5. The van der Waals surface area contributed by atoms with Gasteiger partial charge in [0.2, 0.25) is 11.8 Å². The molecule has 0 spiro atoms. The third-order valence-electron chi connectivity index (χ3n) is 7.03. The highest BCUT2D eigenvalue weighted by molar-refractivity contribution is 5.94. The number of carbonyl (C=O) groups excluding carboxylic acids is 1. The summed E-state index contributed by atoms with van der Waals surface area (Å²) in [6.45, 7) is 6.61. The highest BCUT2D eigenvalue weighted by atomic mass is 19.4. The minimum atomic E-state index is -4.45. The van der Waals surface area contributed by atoms with Gasteiger partial charge in [-0.2, -0.15) is 18.2 Å². The highest BCUT2D eigenvalue weighted by Gasteiger charge is 2.32. The van der Waals surface area contributed by atoms with E-state index in [1.165, 1.54) is 12.1 Å². The lowest BCUT2D eigenvalue weighted by Gasteiger charge is -2.33. The zero-order valence-corrected chi connectivity index (χ0v) is 20.9. The maximum absolute atomic E-state index is 13.2. The highest BCUT2D eigenvalue weighted by Crippen LogP contribution is 2.34.